The van der Waals surface area contributed by atoms with Crippen LogP contribution in [0.2, 0.25) is 0 Å². The van der Waals surface area contributed by atoms with E-state index in [0.29, 0.717) is 19.8 Å². The molecule has 2 aromatic carbocycles. The lowest BCUT2D eigenvalue weighted by Gasteiger charge is -2.43. The average molecular weight is 720 g/mol. The van der Waals surface area contributed by atoms with E-state index in [9.17, 15) is 53.2 Å². The lowest BCUT2D eigenvalue weighted by molar-refractivity contribution is -0.250. The normalized spacial score (nSPS) is 25.7. The maximum atomic E-state index is 13.9. The summed E-state index contributed by atoms with van der Waals surface area (Å²) in [5, 5.41) is 47.8. The number of hydrogen-bond donors (Lipinski definition) is 5. The van der Waals surface area contributed by atoms with Gasteiger partial charge in [0, 0.05) is 49.3 Å². The van der Waals surface area contributed by atoms with E-state index in [2.05, 4.69) is 5.32 Å². The highest BCUT2D eigenvalue weighted by atomic mass is 19.3. The number of esters is 1. The van der Waals surface area contributed by atoms with Crippen molar-refractivity contribution in [3.05, 3.63) is 51.6 Å². The fraction of sp³-hybridized carbons (Fsp3) is 0.514. The second kappa shape index (κ2) is 14.3. The molecule has 6 atom stereocenters. The zero-order valence-corrected chi connectivity index (χ0v) is 28.3. The molecule has 2 aliphatic carbocycles. The molecule has 1 saturated heterocycles. The summed E-state index contributed by atoms with van der Waals surface area (Å²) in [4.78, 5) is 65.4. The van der Waals surface area contributed by atoms with E-state index in [0.717, 1.165) is 0 Å². The van der Waals surface area contributed by atoms with Gasteiger partial charge in [0.2, 0.25) is 11.6 Å². The van der Waals surface area contributed by atoms with Crippen LogP contribution in [0.3, 0.4) is 0 Å². The molecule has 16 heteroatoms. The van der Waals surface area contributed by atoms with Crippen molar-refractivity contribution in [1.29, 1.82) is 0 Å². The summed E-state index contributed by atoms with van der Waals surface area (Å²) in [6.07, 6.45) is -6.24. The summed E-state index contributed by atoms with van der Waals surface area (Å²) in [5.74, 6) is -10.5. The summed E-state index contributed by atoms with van der Waals surface area (Å²) in [7, 11) is 1.27. The first-order valence-corrected chi connectivity index (χ1v) is 16.4. The standard InChI is InChI=1S/C35H39F2NO13/c1-5-6-10-22(40)49-14-21(39)35(47)12-17-25(20(13-35)51-23-11-18(28(41)15(2)50-23)38-33(46)34(3,36)37)32(45)27-26(30(17)43)29(42)16-8-7-9-19(48-4)24(16)31(27)44/h7-9,15,18,20,23,28,41,43,45,47H,5-6,10-14H2,1-4H3,(H,38,46)/t15?,18?,20-,23-,28?,35-/m0/s1. The van der Waals surface area contributed by atoms with Crippen molar-refractivity contribution in [2.24, 2.45) is 0 Å². The van der Waals surface area contributed by atoms with Crippen molar-refractivity contribution in [1.82, 2.24) is 5.32 Å². The van der Waals surface area contributed by atoms with Gasteiger partial charge in [0.05, 0.1) is 42.0 Å². The molecule has 5 rings (SSSR count). The number of hydrogen-bond acceptors (Lipinski definition) is 13. The molecule has 0 bridgehead atoms. The second-order valence-corrected chi connectivity index (χ2v) is 13.1. The van der Waals surface area contributed by atoms with Crippen molar-refractivity contribution in [3.63, 3.8) is 0 Å². The van der Waals surface area contributed by atoms with Crippen LogP contribution >= 0.6 is 0 Å². The van der Waals surface area contributed by atoms with Crippen LogP contribution in [0.1, 0.15) is 102 Å². The van der Waals surface area contributed by atoms with Gasteiger partial charge in [-0.05, 0) is 19.4 Å². The molecule has 5 N–H and O–H groups in total. The second-order valence-electron chi connectivity index (χ2n) is 13.1. The fourth-order valence-electron chi connectivity index (χ4n) is 6.68. The first kappa shape index (κ1) is 37.7. The van der Waals surface area contributed by atoms with E-state index in [1.54, 1.807) is 0 Å². The number of ether oxygens (including phenoxy) is 4. The topological polar surface area (TPSA) is 215 Å². The number of amides is 1. The molecule has 0 aromatic heterocycles. The third-order valence-electron chi connectivity index (χ3n) is 9.43. The first-order chi connectivity index (χ1) is 23.9. The van der Waals surface area contributed by atoms with Crippen molar-refractivity contribution in [3.8, 4) is 17.2 Å². The fourth-order valence-corrected chi connectivity index (χ4v) is 6.68. The van der Waals surface area contributed by atoms with Crippen LogP contribution < -0.4 is 10.1 Å². The van der Waals surface area contributed by atoms with E-state index < -0.39 is 120 Å². The van der Waals surface area contributed by atoms with Gasteiger partial charge in [-0.1, -0.05) is 25.5 Å². The SMILES string of the molecule is CCCCC(=O)OCC(=O)[C@]1(O)Cc2c(O)c3c(c(O)c2[C@@H](O[C@H]2CC(NC(=O)C(C)(F)F)C(O)C(C)O2)C1)C(=O)c1c(OC)cccc1C3=O. The number of aliphatic hydroxyl groups excluding tert-OH is 1. The third-order valence-corrected chi connectivity index (χ3v) is 9.43. The Labute approximate surface area is 290 Å². The number of halogens is 2. The third kappa shape index (κ3) is 7.05. The van der Waals surface area contributed by atoms with Gasteiger partial charge in [-0.3, -0.25) is 24.0 Å². The number of unbranched alkanes of at least 4 members (excludes halogenated alkanes) is 1. The number of benzene rings is 2. The van der Waals surface area contributed by atoms with Crippen molar-refractivity contribution >= 4 is 29.2 Å². The number of alkyl halides is 2. The molecule has 0 radical (unpaired) electrons. The van der Waals surface area contributed by atoms with Gasteiger partial charge in [-0.15, -0.1) is 0 Å². The zero-order valence-electron chi connectivity index (χ0n) is 28.3. The number of rotatable bonds is 11. The molecule has 1 heterocycles. The number of methoxy groups -OCH3 is 1. The van der Waals surface area contributed by atoms with E-state index in [4.69, 9.17) is 18.9 Å². The molecule has 3 aliphatic rings. The summed E-state index contributed by atoms with van der Waals surface area (Å²) >= 11 is 0. The van der Waals surface area contributed by atoms with Crippen LogP contribution in [0, 0.1) is 0 Å². The molecule has 14 nitrogen and oxygen atoms in total. The summed E-state index contributed by atoms with van der Waals surface area (Å²) in [5.41, 5.74) is -4.55. The molecular formula is C35H39F2NO13. The number of phenols is 2. The number of phenolic OH excluding ortho intramolecular Hbond substituents is 2. The number of fused-ring (bicyclic) bond motifs is 3. The molecule has 3 unspecified atom stereocenters. The van der Waals surface area contributed by atoms with E-state index >= 15 is 0 Å². The predicted molar refractivity (Wildman–Crippen MR) is 170 cm³/mol. The maximum Gasteiger partial charge on any atom is 0.321 e. The minimum absolute atomic E-state index is 0.0169. The van der Waals surface area contributed by atoms with Gasteiger partial charge in [-0.25, -0.2) is 0 Å². The zero-order chi connectivity index (χ0) is 37.6. The van der Waals surface area contributed by atoms with Gasteiger partial charge in [0.25, 0.3) is 5.91 Å². The van der Waals surface area contributed by atoms with Crippen LogP contribution in [0.15, 0.2) is 18.2 Å². The van der Waals surface area contributed by atoms with Gasteiger partial charge < -0.3 is 44.7 Å². The molecule has 51 heavy (non-hydrogen) atoms. The predicted octanol–water partition coefficient (Wildman–Crippen LogP) is 2.56. The number of carbonyl (C=O) groups excluding carboxylic acids is 5. The Morgan fingerprint density at radius 2 is 1.78 bits per heavy atom. The highest BCUT2D eigenvalue weighted by Gasteiger charge is 2.51. The Bertz CT molecular complexity index is 1770. The van der Waals surface area contributed by atoms with Gasteiger partial charge in [0.15, 0.2) is 18.7 Å². The van der Waals surface area contributed by atoms with Crippen LogP contribution in [0.25, 0.3) is 0 Å². The summed E-state index contributed by atoms with van der Waals surface area (Å²) in [6, 6.07) is 2.88. The molecule has 0 spiro atoms. The quantitative estimate of drug-likeness (QED) is 0.143. The Morgan fingerprint density at radius 3 is 2.43 bits per heavy atom. The van der Waals surface area contributed by atoms with E-state index in [1.807, 2.05) is 6.92 Å². The van der Waals surface area contributed by atoms with Gasteiger partial charge >= 0.3 is 11.9 Å². The number of aliphatic hydroxyl groups is 2. The van der Waals surface area contributed by atoms with Crippen molar-refractivity contribution in [2.75, 3.05) is 13.7 Å². The summed E-state index contributed by atoms with van der Waals surface area (Å²) in [6.45, 7) is 2.73. The van der Waals surface area contributed by atoms with E-state index in [1.165, 1.54) is 32.2 Å². The number of aromatic hydroxyl groups is 2. The molecular weight excluding hydrogens is 680 g/mol. The van der Waals surface area contributed by atoms with Crippen LogP contribution in [-0.4, -0.2) is 99.4 Å². The minimum atomic E-state index is -3.79. The Kier molecular flexibility index (Phi) is 10.5. The number of ketones is 3. The van der Waals surface area contributed by atoms with Crippen LogP contribution in [-0.2, 0) is 35.0 Å². The van der Waals surface area contributed by atoms with Crippen molar-refractivity contribution in [2.45, 2.75) is 101 Å². The molecule has 0 saturated carbocycles. The highest BCUT2D eigenvalue weighted by Crippen LogP contribution is 2.52. The van der Waals surface area contributed by atoms with Crippen LogP contribution in [0.5, 0.6) is 17.2 Å². The van der Waals surface area contributed by atoms with Gasteiger partial charge in [0.1, 0.15) is 29.0 Å². The minimum Gasteiger partial charge on any atom is -0.507 e. The first-order valence-electron chi connectivity index (χ1n) is 16.4. The lowest BCUT2D eigenvalue weighted by atomic mass is 9.72. The Morgan fingerprint density at radius 1 is 1.10 bits per heavy atom. The van der Waals surface area contributed by atoms with Crippen LogP contribution in [0.4, 0.5) is 8.78 Å². The Balaban J connectivity index is 1.58. The monoisotopic (exact) mass is 719 g/mol. The number of Topliss-reactive ketones (excluding diaryl/α,β-unsaturated/α-hetero) is 1. The highest BCUT2D eigenvalue weighted by molar-refractivity contribution is 6.31. The van der Waals surface area contributed by atoms with E-state index in [-0.39, 0.29) is 34.4 Å². The number of carbonyl (C=O) groups is 5. The Hall–Kier alpha value is -4.51. The van der Waals surface area contributed by atoms with Gasteiger partial charge in [-0.2, -0.15) is 8.78 Å². The van der Waals surface area contributed by atoms with Crippen molar-refractivity contribution < 1.29 is 72.1 Å². The number of nitrogens with one attached hydrogen (secondary N) is 1. The largest absolute Gasteiger partial charge is 0.507 e. The molecule has 1 amide bonds. The smallest absolute Gasteiger partial charge is 0.321 e. The maximum absolute atomic E-state index is 13.9. The molecule has 276 valence electrons. The molecule has 1 fully saturated rings. The summed E-state index contributed by atoms with van der Waals surface area (Å²) < 4.78 is 49.7. The lowest BCUT2D eigenvalue weighted by Crippen LogP contribution is -2.57. The molecule has 1 aliphatic heterocycles. The average Bonchev–Trinajstić information content (AvgIpc) is 3.07. The molecule has 2 aromatic rings.